The van der Waals surface area contributed by atoms with Gasteiger partial charge in [0.1, 0.15) is 17.3 Å². The van der Waals surface area contributed by atoms with Gasteiger partial charge in [-0.25, -0.2) is 9.37 Å². The molecule has 4 aromatic rings. The second kappa shape index (κ2) is 10.5. The van der Waals surface area contributed by atoms with Crippen LogP contribution in [-0.4, -0.2) is 38.9 Å². The number of halogens is 2. The first-order valence-corrected chi connectivity index (χ1v) is 13.4. The monoisotopic (exact) mass is 537 g/mol. The zero-order valence-corrected chi connectivity index (χ0v) is 22.8. The first-order valence-electron chi connectivity index (χ1n) is 13.0. The molecule has 2 aromatic heterocycles. The number of amides is 1. The van der Waals surface area contributed by atoms with Crippen LogP contribution in [-0.2, 0) is 17.2 Å². The summed E-state index contributed by atoms with van der Waals surface area (Å²) in [5, 5.41) is 7.34. The Morgan fingerprint density at radius 3 is 2.66 bits per heavy atom. The highest BCUT2D eigenvalue weighted by molar-refractivity contribution is 6.31. The van der Waals surface area contributed by atoms with E-state index >= 15 is 0 Å². The van der Waals surface area contributed by atoms with E-state index in [0.29, 0.717) is 17.1 Å². The van der Waals surface area contributed by atoms with Crippen molar-refractivity contribution in [1.82, 2.24) is 25.1 Å². The summed E-state index contributed by atoms with van der Waals surface area (Å²) in [6.07, 6.45) is 3.49. The van der Waals surface area contributed by atoms with E-state index in [1.54, 1.807) is 25.4 Å². The molecule has 5 rings (SSSR count). The summed E-state index contributed by atoms with van der Waals surface area (Å²) in [7, 11) is 1.72. The summed E-state index contributed by atoms with van der Waals surface area (Å²) < 4.78 is 21.7. The number of benzene rings is 2. The largest absolute Gasteiger partial charge is 0.381 e. The summed E-state index contributed by atoms with van der Waals surface area (Å²) in [6, 6.07) is 12.1. The number of aromatic nitrogens is 4. The molecular formula is C29H33ClFN5O2. The van der Waals surface area contributed by atoms with Crippen LogP contribution in [0, 0.1) is 11.7 Å². The highest BCUT2D eigenvalue weighted by Gasteiger charge is 2.35. The number of aryl methyl sites for hydroxylation is 1. The van der Waals surface area contributed by atoms with Crippen molar-refractivity contribution in [2.45, 2.75) is 51.0 Å². The Labute approximate surface area is 226 Å². The number of fused-ring (bicyclic) bond motifs is 1. The molecule has 1 aliphatic heterocycles. The van der Waals surface area contributed by atoms with Crippen molar-refractivity contribution >= 4 is 28.5 Å². The number of nitrogens with one attached hydrogen (secondary N) is 2. The van der Waals surface area contributed by atoms with Crippen LogP contribution in [0.1, 0.15) is 73.0 Å². The molecule has 0 aliphatic carbocycles. The minimum atomic E-state index is -0.605. The number of hydrogen-bond donors (Lipinski definition) is 2. The lowest BCUT2D eigenvalue weighted by atomic mass is 9.76. The smallest absolute Gasteiger partial charge is 0.270 e. The third-order valence-corrected chi connectivity index (χ3v) is 8.24. The summed E-state index contributed by atoms with van der Waals surface area (Å²) in [5.74, 6) is -0.571. The van der Waals surface area contributed by atoms with Crippen molar-refractivity contribution in [3.63, 3.8) is 0 Å². The van der Waals surface area contributed by atoms with Crippen molar-refractivity contribution in [2.75, 3.05) is 13.2 Å². The molecule has 7 nitrogen and oxygen atoms in total. The fourth-order valence-electron chi connectivity index (χ4n) is 5.50. The first-order chi connectivity index (χ1) is 18.2. The average molecular weight is 538 g/mol. The fraction of sp³-hybridized carbons (Fsp3) is 0.414. The van der Waals surface area contributed by atoms with Crippen LogP contribution in [0.5, 0.6) is 0 Å². The van der Waals surface area contributed by atoms with E-state index in [-0.39, 0.29) is 28.2 Å². The van der Waals surface area contributed by atoms with Crippen molar-refractivity contribution in [3.8, 4) is 0 Å². The van der Waals surface area contributed by atoms with Gasteiger partial charge in [0.25, 0.3) is 5.91 Å². The SMILES string of the molecule is CC(C)C(c1cccc(F)c1Cl)C(NC(=O)c1ccnn1C)c1nc2ccc(C3(C)CCOCC3)cc2[nH]1. The Morgan fingerprint density at radius 1 is 1.21 bits per heavy atom. The number of ether oxygens (including phenoxy) is 1. The van der Waals surface area contributed by atoms with Crippen LogP contribution in [0.15, 0.2) is 48.7 Å². The summed E-state index contributed by atoms with van der Waals surface area (Å²) in [4.78, 5) is 21.8. The molecule has 2 N–H and O–H groups in total. The van der Waals surface area contributed by atoms with Gasteiger partial charge < -0.3 is 15.0 Å². The molecule has 1 fully saturated rings. The number of hydrogen-bond acceptors (Lipinski definition) is 4. The molecule has 38 heavy (non-hydrogen) atoms. The van der Waals surface area contributed by atoms with Crippen molar-refractivity contribution < 1.29 is 13.9 Å². The van der Waals surface area contributed by atoms with Crippen LogP contribution in [0.2, 0.25) is 5.02 Å². The lowest BCUT2D eigenvalue weighted by molar-refractivity contribution is 0.0565. The quantitative estimate of drug-likeness (QED) is 0.300. The minimum Gasteiger partial charge on any atom is -0.381 e. The number of H-pyrrole nitrogens is 1. The van der Waals surface area contributed by atoms with Gasteiger partial charge in [-0.2, -0.15) is 5.10 Å². The Morgan fingerprint density at radius 2 is 1.97 bits per heavy atom. The van der Waals surface area contributed by atoms with Crippen LogP contribution in [0.25, 0.3) is 11.0 Å². The maximum Gasteiger partial charge on any atom is 0.270 e. The molecule has 9 heteroatoms. The van der Waals surface area contributed by atoms with Gasteiger partial charge in [-0.05, 0) is 59.6 Å². The lowest BCUT2D eigenvalue weighted by Crippen LogP contribution is -2.36. The molecule has 2 unspecified atom stereocenters. The molecule has 0 spiro atoms. The van der Waals surface area contributed by atoms with E-state index in [9.17, 15) is 9.18 Å². The van der Waals surface area contributed by atoms with Gasteiger partial charge in [0, 0.05) is 32.4 Å². The Bertz CT molecular complexity index is 1460. The predicted octanol–water partition coefficient (Wildman–Crippen LogP) is 6.07. The Kier molecular flexibility index (Phi) is 7.29. The van der Waals surface area contributed by atoms with Gasteiger partial charge in [0.15, 0.2) is 0 Å². The van der Waals surface area contributed by atoms with Crippen molar-refractivity contribution in [1.29, 1.82) is 0 Å². The van der Waals surface area contributed by atoms with Crippen molar-refractivity contribution in [3.05, 3.63) is 82.1 Å². The highest BCUT2D eigenvalue weighted by atomic mass is 35.5. The summed E-state index contributed by atoms with van der Waals surface area (Å²) >= 11 is 6.48. The summed E-state index contributed by atoms with van der Waals surface area (Å²) in [5.41, 5.74) is 3.97. The number of carbonyl (C=O) groups excluding carboxylic acids is 1. The molecule has 2 aromatic carbocycles. The average Bonchev–Trinajstić information content (AvgIpc) is 3.52. The fourth-order valence-corrected chi connectivity index (χ4v) is 5.76. The number of nitrogens with zero attached hydrogens (tertiary/aromatic N) is 3. The van der Waals surface area contributed by atoms with Crippen molar-refractivity contribution in [2.24, 2.45) is 13.0 Å². The maximum atomic E-state index is 14.6. The van der Waals surface area contributed by atoms with Gasteiger partial charge in [-0.3, -0.25) is 9.48 Å². The van der Waals surface area contributed by atoms with Gasteiger partial charge in [0.05, 0.1) is 22.1 Å². The van der Waals surface area contributed by atoms with E-state index in [1.165, 1.54) is 16.3 Å². The van der Waals surface area contributed by atoms with Gasteiger partial charge >= 0.3 is 0 Å². The Hall–Kier alpha value is -3.23. The molecule has 1 saturated heterocycles. The maximum absolute atomic E-state index is 14.6. The number of carbonyl (C=O) groups is 1. The zero-order chi connectivity index (χ0) is 27.0. The Balaban J connectivity index is 1.60. The standard InChI is InChI=1S/C29H33ClFN5O2/c1-17(2)24(19-6-5-7-20(31)25(19)30)26(35-28(37)23-10-13-32-36(23)4)27-33-21-9-8-18(16-22(21)34-27)29(3)11-14-38-15-12-29/h5-10,13,16-17,24,26H,11-12,14-15H2,1-4H3,(H,33,34)(H,35,37). The molecule has 0 bridgehead atoms. The molecule has 0 radical (unpaired) electrons. The van der Waals surface area contributed by atoms with Crippen LogP contribution in [0.4, 0.5) is 4.39 Å². The van der Waals surface area contributed by atoms with Gasteiger partial charge in [-0.15, -0.1) is 0 Å². The van der Waals surface area contributed by atoms with E-state index in [4.69, 9.17) is 21.3 Å². The molecule has 0 saturated carbocycles. The number of rotatable bonds is 7. The minimum absolute atomic E-state index is 0.00365. The van der Waals surface area contributed by atoms with E-state index < -0.39 is 11.9 Å². The number of imidazole rings is 1. The molecule has 2 atom stereocenters. The first kappa shape index (κ1) is 26.4. The lowest BCUT2D eigenvalue weighted by Gasteiger charge is -2.34. The van der Waals surface area contributed by atoms with E-state index in [1.807, 2.05) is 26.0 Å². The third kappa shape index (κ3) is 4.95. The van der Waals surface area contributed by atoms with E-state index in [2.05, 4.69) is 34.5 Å². The number of aromatic amines is 1. The van der Waals surface area contributed by atoms with Crippen LogP contribution in [0.3, 0.4) is 0 Å². The molecule has 1 amide bonds. The molecule has 3 heterocycles. The highest BCUT2D eigenvalue weighted by Crippen LogP contribution is 2.41. The van der Waals surface area contributed by atoms with Gasteiger partial charge in [0.2, 0.25) is 0 Å². The van der Waals surface area contributed by atoms with E-state index in [0.717, 1.165) is 37.1 Å². The second-order valence-corrected chi connectivity index (χ2v) is 11.1. The zero-order valence-electron chi connectivity index (χ0n) is 22.1. The predicted molar refractivity (Wildman–Crippen MR) is 146 cm³/mol. The van der Waals surface area contributed by atoms with Crippen LogP contribution >= 0.6 is 11.6 Å². The molecular weight excluding hydrogens is 505 g/mol. The second-order valence-electron chi connectivity index (χ2n) is 10.7. The van der Waals surface area contributed by atoms with Crippen LogP contribution < -0.4 is 5.32 Å². The molecule has 1 aliphatic rings. The molecule has 200 valence electrons. The summed E-state index contributed by atoms with van der Waals surface area (Å²) in [6.45, 7) is 7.82. The third-order valence-electron chi connectivity index (χ3n) is 7.85. The topological polar surface area (TPSA) is 84.8 Å². The normalized spacial score (nSPS) is 17.0. The van der Waals surface area contributed by atoms with Gasteiger partial charge in [-0.1, -0.05) is 50.6 Å².